The van der Waals surface area contributed by atoms with E-state index in [-0.39, 0.29) is 11.9 Å². The van der Waals surface area contributed by atoms with Crippen LogP contribution in [0.4, 0.5) is 0 Å². The second-order valence-corrected chi connectivity index (χ2v) is 6.83. The smallest absolute Gasteiger partial charge is 0.254 e. The first-order chi connectivity index (χ1) is 10.6. The maximum atomic E-state index is 13.0. The molecule has 8 heteroatoms. The second-order valence-electron chi connectivity index (χ2n) is 5.28. The Morgan fingerprint density at radius 1 is 1.41 bits per heavy atom. The lowest BCUT2D eigenvalue weighted by Gasteiger charge is -2.33. The Kier molecular flexibility index (Phi) is 4.35. The summed E-state index contributed by atoms with van der Waals surface area (Å²) in [6.07, 6.45) is 0. The first kappa shape index (κ1) is 15.3. The number of hydrogen-bond donors (Lipinski definition) is 1. The van der Waals surface area contributed by atoms with Gasteiger partial charge in [-0.25, -0.2) is 0 Å². The standard InChI is InChI=1S/C14H16ClN5OS/c1-8-6-11(15)9(2)5-10(8)14(21)20-3-4-22-7-12(20)13-16-18-19-17-13/h5-6,12H,3-4,7H2,1-2H3,(H,16,17,18,19). The minimum atomic E-state index is -0.152. The van der Waals surface area contributed by atoms with Gasteiger partial charge in [0.15, 0.2) is 5.82 Å². The predicted octanol–water partition coefficient (Wildman–Crippen LogP) is 2.40. The van der Waals surface area contributed by atoms with E-state index in [9.17, 15) is 4.79 Å². The molecular formula is C14H16ClN5OS. The van der Waals surface area contributed by atoms with Crippen molar-refractivity contribution < 1.29 is 4.79 Å². The van der Waals surface area contributed by atoms with Crippen LogP contribution < -0.4 is 0 Å². The molecule has 1 atom stereocenters. The number of carbonyl (C=O) groups is 1. The zero-order valence-electron chi connectivity index (χ0n) is 12.3. The molecule has 0 spiro atoms. The Morgan fingerprint density at radius 2 is 2.23 bits per heavy atom. The van der Waals surface area contributed by atoms with Gasteiger partial charge < -0.3 is 4.90 Å². The molecule has 1 aliphatic heterocycles. The van der Waals surface area contributed by atoms with Crippen molar-refractivity contribution >= 4 is 29.3 Å². The van der Waals surface area contributed by atoms with Gasteiger partial charge in [-0.2, -0.15) is 17.0 Å². The summed E-state index contributed by atoms with van der Waals surface area (Å²) in [6, 6.07) is 3.54. The van der Waals surface area contributed by atoms with Crippen molar-refractivity contribution in [2.45, 2.75) is 19.9 Å². The number of aryl methyl sites for hydroxylation is 2. The van der Waals surface area contributed by atoms with Crippen molar-refractivity contribution in [1.82, 2.24) is 25.5 Å². The molecule has 1 saturated heterocycles. The lowest BCUT2D eigenvalue weighted by Crippen LogP contribution is -2.41. The van der Waals surface area contributed by atoms with E-state index in [0.717, 1.165) is 22.6 Å². The quantitative estimate of drug-likeness (QED) is 0.910. The molecule has 116 valence electrons. The van der Waals surface area contributed by atoms with E-state index in [1.54, 1.807) is 11.8 Å². The van der Waals surface area contributed by atoms with Crippen LogP contribution in [0, 0.1) is 13.8 Å². The molecule has 0 radical (unpaired) electrons. The summed E-state index contributed by atoms with van der Waals surface area (Å²) in [5, 5.41) is 14.8. The zero-order valence-corrected chi connectivity index (χ0v) is 13.9. The van der Waals surface area contributed by atoms with Gasteiger partial charge in [0.1, 0.15) is 6.04 Å². The molecule has 1 N–H and O–H groups in total. The monoisotopic (exact) mass is 337 g/mol. The normalized spacial score (nSPS) is 18.5. The highest BCUT2D eigenvalue weighted by atomic mass is 35.5. The summed E-state index contributed by atoms with van der Waals surface area (Å²) in [5.74, 6) is 2.24. The number of thioether (sulfide) groups is 1. The number of halogens is 1. The van der Waals surface area contributed by atoms with Crippen LogP contribution in [0.1, 0.15) is 33.4 Å². The average molecular weight is 338 g/mol. The van der Waals surface area contributed by atoms with Crippen LogP contribution in [0.15, 0.2) is 12.1 Å². The molecular weight excluding hydrogens is 322 g/mol. The van der Waals surface area contributed by atoms with E-state index in [1.165, 1.54) is 0 Å². The lowest BCUT2D eigenvalue weighted by atomic mass is 10.0. The highest BCUT2D eigenvalue weighted by molar-refractivity contribution is 7.99. The highest BCUT2D eigenvalue weighted by Gasteiger charge is 2.32. The van der Waals surface area contributed by atoms with Gasteiger partial charge in [0.05, 0.1) is 0 Å². The van der Waals surface area contributed by atoms with Crippen molar-refractivity contribution in [3.63, 3.8) is 0 Å². The molecule has 0 saturated carbocycles. The first-order valence-electron chi connectivity index (χ1n) is 6.96. The highest BCUT2D eigenvalue weighted by Crippen LogP contribution is 2.30. The Bertz CT molecular complexity index is 691. The molecule has 2 heterocycles. The fourth-order valence-electron chi connectivity index (χ4n) is 2.54. The third kappa shape index (κ3) is 2.83. The molecule has 1 aromatic carbocycles. The molecule has 1 aromatic heterocycles. The Morgan fingerprint density at radius 3 is 2.95 bits per heavy atom. The number of nitrogens with zero attached hydrogens (tertiary/aromatic N) is 4. The number of aromatic nitrogens is 4. The van der Waals surface area contributed by atoms with E-state index >= 15 is 0 Å². The Balaban J connectivity index is 1.94. The van der Waals surface area contributed by atoms with Crippen molar-refractivity contribution in [3.8, 4) is 0 Å². The molecule has 1 amide bonds. The number of carbonyl (C=O) groups excluding carboxylic acids is 1. The number of benzene rings is 1. The molecule has 6 nitrogen and oxygen atoms in total. The molecule has 3 rings (SSSR count). The Labute approximate surface area is 137 Å². The summed E-state index contributed by atoms with van der Waals surface area (Å²) >= 11 is 7.92. The number of amides is 1. The first-order valence-corrected chi connectivity index (χ1v) is 8.50. The number of H-pyrrole nitrogens is 1. The number of hydrogen-bond acceptors (Lipinski definition) is 5. The fourth-order valence-corrected chi connectivity index (χ4v) is 3.80. The summed E-state index contributed by atoms with van der Waals surface area (Å²) in [4.78, 5) is 14.8. The lowest BCUT2D eigenvalue weighted by molar-refractivity contribution is 0.0693. The molecule has 1 fully saturated rings. The molecule has 22 heavy (non-hydrogen) atoms. The maximum absolute atomic E-state index is 13.0. The van der Waals surface area contributed by atoms with Gasteiger partial charge in [-0.05, 0) is 37.1 Å². The van der Waals surface area contributed by atoms with E-state index in [4.69, 9.17) is 11.6 Å². The van der Waals surface area contributed by atoms with E-state index in [0.29, 0.717) is 23.0 Å². The third-order valence-corrected chi connectivity index (χ3v) is 5.22. The Hall–Kier alpha value is -1.60. The van der Waals surface area contributed by atoms with Crippen LogP contribution in [0.2, 0.25) is 5.02 Å². The molecule has 0 aliphatic carbocycles. The van der Waals surface area contributed by atoms with Gasteiger partial charge in [0.25, 0.3) is 5.91 Å². The van der Waals surface area contributed by atoms with Gasteiger partial charge in [-0.3, -0.25) is 4.79 Å². The van der Waals surface area contributed by atoms with Crippen molar-refractivity contribution in [2.24, 2.45) is 0 Å². The van der Waals surface area contributed by atoms with Gasteiger partial charge in [-0.1, -0.05) is 16.8 Å². The van der Waals surface area contributed by atoms with Crippen molar-refractivity contribution in [1.29, 1.82) is 0 Å². The van der Waals surface area contributed by atoms with Crippen LogP contribution in [0.3, 0.4) is 0 Å². The maximum Gasteiger partial charge on any atom is 0.254 e. The van der Waals surface area contributed by atoms with Crippen molar-refractivity contribution in [2.75, 3.05) is 18.1 Å². The fraction of sp³-hybridized carbons (Fsp3) is 0.429. The number of aromatic amines is 1. The van der Waals surface area contributed by atoms with E-state index < -0.39 is 0 Å². The van der Waals surface area contributed by atoms with Gasteiger partial charge in [-0.15, -0.1) is 10.2 Å². The summed E-state index contributed by atoms with van der Waals surface area (Å²) < 4.78 is 0. The second kappa shape index (κ2) is 6.26. The molecule has 1 aliphatic rings. The number of nitrogens with one attached hydrogen (secondary N) is 1. The van der Waals surface area contributed by atoms with E-state index in [1.807, 2.05) is 30.9 Å². The molecule has 0 bridgehead atoms. The number of rotatable bonds is 2. The minimum absolute atomic E-state index is 0.00707. The SMILES string of the molecule is Cc1cc(C(=O)N2CCSCC2c2nn[nH]n2)c(C)cc1Cl. The minimum Gasteiger partial charge on any atom is -0.327 e. The zero-order chi connectivity index (χ0) is 15.7. The summed E-state index contributed by atoms with van der Waals surface area (Å²) in [7, 11) is 0. The van der Waals surface area contributed by atoms with Crippen LogP contribution >= 0.6 is 23.4 Å². The predicted molar refractivity (Wildman–Crippen MR) is 86.2 cm³/mol. The topological polar surface area (TPSA) is 74.8 Å². The van der Waals surface area contributed by atoms with Crippen molar-refractivity contribution in [3.05, 3.63) is 39.7 Å². The molecule has 1 unspecified atom stereocenters. The van der Waals surface area contributed by atoms with Crippen LogP contribution in [-0.4, -0.2) is 49.5 Å². The third-order valence-electron chi connectivity index (χ3n) is 3.79. The average Bonchev–Trinajstić information content (AvgIpc) is 3.04. The van der Waals surface area contributed by atoms with Crippen LogP contribution in [0.5, 0.6) is 0 Å². The van der Waals surface area contributed by atoms with E-state index in [2.05, 4.69) is 20.6 Å². The largest absolute Gasteiger partial charge is 0.327 e. The van der Waals surface area contributed by atoms with Gasteiger partial charge in [0, 0.05) is 28.6 Å². The number of tetrazole rings is 1. The summed E-state index contributed by atoms with van der Waals surface area (Å²) in [5.41, 5.74) is 2.46. The van der Waals surface area contributed by atoms with Crippen LogP contribution in [0.25, 0.3) is 0 Å². The summed E-state index contributed by atoms with van der Waals surface area (Å²) in [6.45, 7) is 4.48. The van der Waals surface area contributed by atoms with Gasteiger partial charge >= 0.3 is 0 Å². The molecule has 2 aromatic rings. The van der Waals surface area contributed by atoms with Gasteiger partial charge in [0.2, 0.25) is 0 Å². The van der Waals surface area contributed by atoms with Crippen LogP contribution in [-0.2, 0) is 0 Å².